The van der Waals surface area contributed by atoms with Gasteiger partial charge in [-0.2, -0.15) is 0 Å². The number of aliphatic imine (C=N–C) groups is 1. The lowest BCUT2D eigenvalue weighted by molar-refractivity contribution is 0.102. The molecule has 1 aromatic heterocycles. The summed E-state index contributed by atoms with van der Waals surface area (Å²) in [6.07, 6.45) is 6.69. The van der Waals surface area contributed by atoms with Gasteiger partial charge in [-0.3, -0.25) is 9.79 Å². The number of benzene rings is 1. The molecule has 7 heteroatoms. The number of hydrogen-bond donors (Lipinski definition) is 2. The lowest BCUT2D eigenvalue weighted by Gasteiger charge is -2.36. The largest absolute Gasteiger partial charge is 0.379 e. The number of halogens is 1. The van der Waals surface area contributed by atoms with Gasteiger partial charge in [0.2, 0.25) is 0 Å². The van der Waals surface area contributed by atoms with E-state index in [1.807, 2.05) is 0 Å². The first-order chi connectivity index (χ1) is 15.0. The summed E-state index contributed by atoms with van der Waals surface area (Å²) < 4.78 is 14.9. The van der Waals surface area contributed by atoms with Crippen molar-refractivity contribution < 1.29 is 9.18 Å². The Kier molecular flexibility index (Phi) is 5.19. The average molecular weight is 435 g/mol. The van der Waals surface area contributed by atoms with E-state index in [-0.39, 0.29) is 23.3 Å². The number of fused-ring (bicyclic) bond motifs is 1. The van der Waals surface area contributed by atoms with E-state index in [0.717, 1.165) is 30.6 Å². The van der Waals surface area contributed by atoms with Crippen LogP contribution in [0, 0.1) is 29.5 Å². The second-order valence-corrected chi connectivity index (χ2v) is 9.44. The lowest BCUT2D eigenvalue weighted by Crippen LogP contribution is -2.37. The Balaban J connectivity index is 1.37. The van der Waals surface area contributed by atoms with Crippen molar-refractivity contribution >= 4 is 28.5 Å². The number of carbonyl (C=O) groups is 1. The maximum absolute atomic E-state index is 14.9. The maximum atomic E-state index is 14.9. The summed E-state index contributed by atoms with van der Waals surface area (Å²) in [7, 11) is 0. The molecule has 3 aliphatic rings. The van der Waals surface area contributed by atoms with Gasteiger partial charge >= 0.3 is 0 Å². The fourth-order valence-corrected chi connectivity index (χ4v) is 5.45. The van der Waals surface area contributed by atoms with Crippen LogP contribution in [0.5, 0.6) is 0 Å². The third kappa shape index (κ3) is 4.05. The highest BCUT2D eigenvalue weighted by molar-refractivity contribution is 8.13. The number of amides is 1. The summed E-state index contributed by atoms with van der Waals surface area (Å²) in [4.78, 5) is 21.6. The summed E-state index contributed by atoms with van der Waals surface area (Å²) in [5.41, 5.74) is 7.49. The number of aromatic nitrogens is 1. The van der Waals surface area contributed by atoms with E-state index in [9.17, 15) is 9.18 Å². The molecule has 2 fully saturated rings. The van der Waals surface area contributed by atoms with Crippen LogP contribution in [0.1, 0.15) is 53.7 Å². The highest BCUT2D eigenvalue weighted by Gasteiger charge is 2.48. The quantitative estimate of drug-likeness (QED) is 0.706. The van der Waals surface area contributed by atoms with Crippen LogP contribution >= 0.6 is 11.8 Å². The number of thioether (sulfide) groups is 1. The number of rotatable bonds is 3. The van der Waals surface area contributed by atoms with Crippen LogP contribution in [0.2, 0.25) is 0 Å². The number of pyridine rings is 1. The van der Waals surface area contributed by atoms with Gasteiger partial charge in [-0.1, -0.05) is 30.0 Å². The van der Waals surface area contributed by atoms with Crippen molar-refractivity contribution in [3.8, 4) is 11.8 Å². The van der Waals surface area contributed by atoms with E-state index in [4.69, 9.17) is 10.7 Å². The number of carbonyl (C=O) groups excluding carboxylic acids is 1. The van der Waals surface area contributed by atoms with Crippen LogP contribution in [0.3, 0.4) is 0 Å². The molecule has 0 unspecified atom stereocenters. The maximum Gasteiger partial charge on any atom is 0.274 e. The molecule has 1 amide bonds. The topological polar surface area (TPSA) is 80.4 Å². The third-order valence-electron chi connectivity index (χ3n) is 6.21. The predicted molar refractivity (Wildman–Crippen MR) is 121 cm³/mol. The molecule has 1 aliphatic heterocycles. The minimum absolute atomic E-state index is 0.246. The van der Waals surface area contributed by atoms with Crippen LogP contribution in [0.25, 0.3) is 0 Å². The second kappa shape index (κ2) is 8.01. The molecular formula is C24H23FN4OS. The minimum atomic E-state index is -0.639. The highest BCUT2D eigenvalue weighted by Crippen LogP contribution is 2.51. The summed E-state index contributed by atoms with van der Waals surface area (Å²) in [5, 5.41) is 3.34. The Morgan fingerprint density at radius 1 is 1.26 bits per heavy atom. The zero-order valence-electron chi connectivity index (χ0n) is 17.0. The van der Waals surface area contributed by atoms with Crippen LogP contribution in [-0.2, 0) is 5.54 Å². The van der Waals surface area contributed by atoms with Gasteiger partial charge in [0.05, 0.1) is 5.54 Å². The molecule has 5 rings (SSSR count). The van der Waals surface area contributed by atoms with Gasteiger partial charge in [0, 0.05) is 34.7 Å². The second-order valence-electron chi connectivity index (χ2n) is 8.40. The SMILES string of the molecule is NC1=N[C@@]2(c3cc(NC(=O)c4ccc(C#CC5CC5)cn4)ccc3F)CCC[C@H]2CS1. The Morgan fingerprint density at radius 3 is 2.90 bits per heavy atom. The van der Waals surface area contributed by atoms with Gasteiger partial charge < -0.3 is 11.1 Å². The normalized spacial score (nSPS) is 24.5. The summed E-state index contributed by atoms with van der Waals surface area (Å²) >= 11 is 1.53. The van der Waals surface area contributed by atoms with Crippen molar-refractivity contribution in [1.29, 1.82) is 0 Å². The number of nitrogens with one attached hydrogen (secondary N) is 1. The van der Waals surface area contributed by atoms with Crippen molar-refractivity contribution in [2.45, 2.75) is 37.6 Å². The monoisotopic (exact) mass is 434 g/mol. The molecule has 1 aromatic carbocycles. The molecule has 3 N–H and O–H groups in total. The molecule has 0 saturated heterocycles. The van der Waals surface area contributed by atoms with Gasteiger partial charge in [0.25, 0.3) is 5.91 Å². The van der Waals surface area contributed by atoms with Crippen molar-refractivity contribution in [2.75, 3.05) is 11.1 Å². The van der Waals surface area contributed by atoms with Crippen molar-refractivity contribution in [1.82, 2.24) is 4.98 Å². The first-order valence-corrected chi connectivity index (χ1v) is 11.6. The molecular weight excluding hydrogens is 411 g/mol. The van der Waals surface area contributed by atoms with Gasteiger partial charge in [-0.05, 0) is 61.9 Å². The Morgan fingerprint density at radius 2 is 2.13 bits per heavy atom. The fraction of sp³-hybridized carbons (Fsp3) is 0.375. The molecule has 31 heavy (non-hydrogen) atoms. The Labute approximate surface area is 185 Å². The summed E-state index contributed by atoms with van der Waals surface area (Å²) in [5.74, 6) is 7.20. The van der Waals surface area contributed by atoms with E-state index in [1.54, 1.807) is 30.5 Å². The van der Waals surface area contributed by atoms with E-state index in [2.05, 4.69) is 22.1 Å². The van der Waals surface area contributed by atoms with Crippen molar-refractivity contribution in [3.05, 3.63) is 59.2 Å². The number of anilines is 1. The van der Waals surface area contributed by atoms with Gasteiger partial charge in [-0.15, -0.1) is 0 Å². The van der Waals surface area contributed by atoms with E-state index in [0.29, 0.717) is 22.3 Å². The van der Waals surface area contributed by atoms with E-state index < -0.39 is 5.54 Å². The van der Waals surface area contributed by atoms with Gasteiger partial charge in [0.1, 0.15) is 11.5 Å². The molecule has 2 atom stereocenters. The molecule has 0 spiro atoms. The molecule has 0 bridgehead atoms. The summed E-state index contributed by atoms with van der Waals surface area (Å²) in [6, 6.07) is 8.12. The molecule has 2 heterocycles. The number of hydrogen-bond acceptors (Lipinski definition) is 5. The predicted octanol–water partition coefficient (Wildman–Crippen LogP) is 4.29. The summed E-state index contributed by atoms with van der Waals surface area (Å²) in [6.45, 7) is 0. The Hall–Kier alpha value is -2.85. The molecule has 158 valence electrons. The standard InChI is InChI=1S/C24H23FN4OS/c25-20-9-8-18(12-19(20)24-11-1-2-17(24)14-31-23(26)29-24)28-22(30)21-10-7-16(13-27-21)6-5-15-3-4-15/h7-10,12-13,15,17H,1-4,11,14H2,(H2,26,29)(H,28,30)/t17-,24-/m0/s1. The number of amidine groups is 1. The van der Waals surface area contributed by atoms with Crippen LogP contribution in [-0.4, -0.2) is 21.8 Å². The van der Waals surface area contributed by atoms with Gasteiger partial charge in [0.15, 0.2) is 5.17 Å². The molecule has 2 aliphatic carbocycles. The number of nitrogens with zero attached hydrogens (tertiary/aromatic N) is 2. The van der Waals surface area contributed by atoms with Crippen molar-refractivity contribution in [2.24, 2.45) is 22.6 Å². The average Bonchev–Trinajstić information content (AvgIpc) is 3.51. The van der Waals surface area contributed by atoms with Crippen LogP contribution in [0.4, 0.5) is 10.1 Å². The van der Waals surface area contributed by atoms with Crippen LogP contribution in [0.15, 0.2) is 41.5 Å². The van der Waals surface area contributed by atoms with Gasteiger partial charge in [-0.25, -0.2) is 9.37 Å². The zero-order chi connectivity index (χ0) is 21.4. The molecule has 2 aromatic rings. The molecule has 2 saturated carbocycles. The van der Waals surface area contributed by atoms with Crippen LogP contribution < -0.4 is 11.1 Å². The van der Waals surface area contributed by atoms with E-state index in [1.165, 1.54) is 30.7 Å². The fourth-order valence-electron chi connectivity index (χ4n) is 4.40. The zero-order valence-corrected chi connectivity index (χ0v) is 17.8. The minimum Gasteiger partial charge on any atom is -0.379 e. The molecule has 5 nitrogen and oxygen atoms in total. The van der Waals surface area contributed by atoms with Crippen molar-refractivity contribution in [3.63, 3.8) is 0 Å². The van der Waals surface area contributed by atoms with E-state index >= 15 is 0 Å². The smallest absolute Gasteiger partial charge is 0.274 e. The highest BCUT2D eigenvalue weighted by atomic mass is 32.2. The first kappa shape index (κ1) is 20.1. The lowest BCUT2D eigenvalue weighted by atomic mass is 9.81. The third-order valence-corrected chi connectivity index (χ3v) is 7.17. The first-order valence-electron chi connectivity index (χ1n) is 10.6. The number of nitrogens with two attached hydrogens (primary N) is 1. The molecule has 0 radical (unpaired) electrons. The Bertz CT molecular complexity index is 1120.